The van der Waals surface area contributed by atoms with Gasteiger partial charge in [0.15, 0.2) is 9.84 Å². The second-order valence-electron chi connectivity index (χ2n) is 2.84. The smallest absolute Gasteiger partial charge is 0.157 e. The Morgan fingerprint density at radius 2 is 1.91 bits per heavy atom. The van der Waals surface area contributed by atoms with Gasteiger partial charge in [0.05, 0.1) is 11.0 Å². The van der Waals surface area contributed by atoms with Crippen LogP contribution in [0.3, 0.4) is 0 Å². The fourth-order valence-corrected chi connectivity index (χ4v) is 3.29. The Kier molecular flexibility index (Phi) is 2.18. The summed E-state index contributed by atoms with van der Waals surface area (Å²) in [5.74, 6) is 0.371. The highest BCUT2D eigenvalue weighted by Crippen LogP contribution is 2.26. The van der Waals surface area contributed by atoms with Crippen molar-refractivity contribution in [1.29, 1.82) is 0 Å². The first kappa shape index (κ1) is 8.53. The van der Waals surface area contributed by atoms with Crippen LogP contribution < -0.4 is 0 Å². The molecule has 11 heavy (non-hydrogen) atoms. The summed E-state index contributed by atoms with van der Waals surface area (Å²) < 4.78 is 22.5. The lowest BCUT2D eigenvalue weighted by Gasteiger charge is -1.98. The lowest BCUT2D eigenvalue weighted by atomic mass is 10.1. The van der Waals surface area contributed by atoms with E-state index in [-0.39, 0.29) is 16.9 Å². The number of rotatable bonds is 2. The molecule has 1 heterocycles. The van der Waals surface area contributed by atoms with E-state index in [2.05, 4.69) is 13.2 Å². The molecule has 2 nitrogen and oxygen atoms in total. The van der Waals surface area contributed by atoms with Crippen LogP contribution in [0, 0.1) is 5.92 Å². The Morgan fingerprint density at radius 3 is 2.18 bits per heavy atom. The molecular weight excluding hydrogens is 160 g/mol. The molecule has 1 aliphatic rings. The third kappa shape index (κ3) is 1.53. The maximum atomic E-state index is 11.2. The average Bonchev–Trinajstić information content (AvgIpc) is 2.24. The molecule has 3 heteroatoms. The molecule has 0 saturated carbocycles. The molecule has 1 aliphatic heterocycles. The van der Waals surface area contributed by atoms with Crippen LogP contribution in [-0.4, -0.2) is 19.4 Å². The van der Waals surface area contributed by atoms with Crippen molar-refractivity contribution in [2.75, 3.05) is 5.75 Å². The maximum absolute atomic E-state index is 11.2. The molecule has 1 rings (SSSR count). The van der Waals surface area contributed by atoms with Crippen LogP contribution in [0.2, 0.25) is 0 Å². The Morgan fingerprint density at radius 1 is 1.27 bits per heavy atom. The Bertz CT molecular complexity index is 264. The van der Waals surface area contributed by atoms with E-state index in [4.69, 9.17) is 0 Å². The quantitative estimate of drug-likeness (QED) is 0.586. The molecule has 2 atom stereocenters. The van der Waals surface area contributed by atoms with E-state index < -0.39 is 9.84 Å². The van der Waals surface area contributed by atoms with Crippen molar-refractivity contribution in [2.24, 2.45) is 5.92 Å². The molecule has 0 bridgehead atoms. The third-order valence-corrected chi connectivity index (χ3v) is 4.24. The molecule has 0 spiro atoms. The van der Waals surface area contributed by atoms with Gasteiger partial charge in [0.1, 0.15) is 0 Å². The standard InChI is InChI=1S/C8H12O2S/c1-3-7-5-8(4-2)11(9,10)6-7/h3-4,7-8H,1-2,5-6H2. The van der Waals surface area contributed by atoms with Gasteiger partial charge in [-0.05, 0) is 12.3 Å². The number of allylic oxidation sites excluding steroid dienone is 1. The van der Waals surface area contributed by atoms with E-state index in [1.165, 1.54) is 6.08 Å². The van der Waals surface area contributed by atoms with Crippen molar-refractivity contribution in [3.05, 3.63) is 25.3 Å². The summed E-state index contributed by atoms with van der Waals surface area (Å²) in [5, 5.41) is -0.342. The van der Waals surface area contributed by atoms with Crippen molar-refractivity contribution >= 4 is 9.84 Å². The van der Waals surface area contributed by atoms with Gasteiger partial charge in [-0.3, -0.25) is 0 Å². The van der Waals surface area contributed by atoms with Gasteiger partial charge in [-0.1, -0.05) is 12.2 Å². The molecule has 0 aromatic rings. The summed E-state index contributed by atoms with van der Waals surface area (Å²) in [5.41, 5.74) is 0. The molecule has 0 amide bonds. The second kappa shape index (κ2) is 2.81. The first-order chi connectivity index (χ1) is 5.10. The summed E-state index contributed by atoms with van der Waals surface area (Å²) in [6.45, 7) is 7.07. The summed E-state index contributed by atoms with van der Waals surface area (Å²) in [6.07, 6.45) is 3.88. The van der Waals surface area contributed by atoms with Gasteiger partial charge in [0.2, 0.25) is 0 Å². The molecule has 0 radical (unpaired) electrons. The molecule has 0 N–H and O–H groups in total. The maximum Gasteiger partial charge on any atom is 0.157 e. The number of sulfone groups is 1. The number of hydrogen-bond donors (Lipinski definition) is 0. The summed E-state index contributed by atoms with van der Waals surface area (Å²) in [4.78, 5) is 0. The zero-order chi connectivity index (χ0) is 8.48. The lowest BCUT2D eigenvalue weighted by Crippen LogP contribution is -2.12. The highest BCUT2D eigenvalue weighted by atomic mass is 32.2. The highest BCUT2D eigenvalue weighted by Gasteiger charge is 2.34. The van der Waals surface area contributed by atoms with Crippen LogP contribution in [0.1, 0.15) is 6.42 Å². The third-order valence-electron chi connectivity index (χ3n) is 2.04. The monoisotopic (exact) mass is 172 g/mol. The number of hydrogen-bond acceptors (Lipinski definition) is 2. The first-order valence-corrected chi connectivity index (χ1v) is 5.28. The van der Waals surface area contributed by atoms with Gasteiger partial charge in [-0.25, -0.2) is 8.42 Å². The molecule has 0 aliphatic carbocycles. The normalized spacial score (nSPS) is 34.9. The van der Waals surface area contributed by atoms with E-state index in [0.29, 0.717) is 6.42 Å². The summed E-state index contributed by atoms with van der Waals surface area (Å²) in [6, 6.07) is 0. The molecule has 1 fully saturated rings. The van der Waals surface area contributed by atoms with Gasteiger partial charge < -0.3 is 0 Å². The molecule has 1 saturated heterocycles. The van der Waals surface area contributed by atoms with Crippen LogP contribution in [0.25, 0.3) is 0 Å². The zero-order valence-corrected chi connectivity index (χ0v) is 7.18. The molecule has 0 aromatic carbocycles. The Labute approximate surface area is 67.5 Å². The van der Waals surface area contributed by atoms with Crippen molar-refractivity contribution in [1.82, 2.24) is 0 Å². The van der Waals surface area contributed by atoms with Gasteiger partial charge in [-0.15, -0.1) is 13.2 Å². The minimum Gasteiger partial charge on any atom is -0.228 e. The van der Waals surface area contributed by atoms with Crippen LogP contribution in [0.4, 0.5) is 0 Å². The SMILES string of the molecule is C=CC1CC(C=C)S(=O)(=O)C1. The van der Waals surface area contributed by atoms with Crippen molar-refractivity contribution in [3.8, 4) is 0 Å². The van der Waals surface area contributed by atoms with Crippen LogP contribution in [0.15, 0.2) is 25.3 Å². The topological polar surface area (TPSA) is 34.1 Å². The molecule has 62 valence electrons. The average molecular weight is 172 g/mol. The second-order valence-corrected chi connectivity index (χ2v) is 5.10. The van der Waals surface area contributed by atoms with Gasteiger partial charge in [0, 0.05) is 0 Å². The van der Waals surface area contributed by atoms with E-state index >= 15 is 0 Å². The minimum absolute atomic E-state index is 0.128. The summed E-state index contributed by atoms with van der Waals surface area (Å²) >= 11 is 0. The van der Waals surface area contributed by atoms with E-state index in [1.807, 2.05) is 0 Å². The Balaban J connectivity index is 2.87. The van der Waals surface area contributed by atoms with Crippen LogP contribution in [0.5, 0.6) is 0 Å². The zero-order valence-electron chi connectivity index (χ0n) is 6.36. The van der Waals surface area contributed by atoms with E-state index in [9.17, 15) is 8.42 Å². The van der Waals surface area contributed by atoms with Gasteiger partial charge in [0.25, 0.3) is 0 Å². The van der Waals surface area contributed by atoms with Crippen LogP contribution >= 0.6 is 0 Å². The van der Waals surface area contributed by atoms with E-state index in [1.54, 1.807) is 6.08 Å². The van der Waals surface area contributed by atoms with Crippen LogP contribution in [-0.2, 0) is 9.84 Å². The van der Waals surface area contributed by atoms with E-state index in [0.717, 1.165) is 0 Å². The highest BCUT2D eigenvalue weighted by molar-refractivity contribution is 7.92. The largest absolute Gasteiger partial charge is 0.228 e. The first-order valence-electron chi connectivity index (χ1n) is 3.57. The fraction of sp³-hybridized carbons (Fsp3) is 0.500. The lowest BCUT2D eigenvalue weighted by molar-refractivity contribution is 0.597. The minimum atomic E-state index is -2.89. The summed E-state index contributed by atoms with van der Waals surface area (Å²) in [7, 11) is -2.89. The van der Waals surface area contributed by atoms with Gasteiger partial charge in [-0.2, -0.15) is 0 Å². The predicted molar refractivity (Wildman–Crippen MR) is 46.1 cm³/mol. The molecule has 0 aromatic heterocycles. The fourth-order valence-electron chi connectivity index (χ4n) is 1.34. The van der Waals surface area contributed by atoms with Gasteiger partial charge >= 0.3 is 0 Å². The Hall–Kier alpha value is -0.570. The molecular formula is C8H12O2S. The van der Waals surface area contributed by atoms with Crippen molar-refractivity contribution in [2.45, 2.75) is 11.7 Å². The van der Waals surface area contributed by atoms with Crippen molar-refractivity contribution in [3.63, 3.8) is 0 Å². The molecule has 2 unspecified atom stereocenters. The predicted octanol–water partition coefficient (Wildman–Crippen LogP) is 1.16. The van der Waals surface area contributed by atoms with Crippen molar-refractivity contribution < 1.29 is 8.42 Å².